The second-order valence-electron chi connectivity index (χ2n) is 6.37. The molecular formula is C17H26N2O3. The fourth-order valence-electron chi connectivity index (χ4n) is 2.52. The average Bonchev–Trinajstić information content (AvgIpc) is 2.53. The molecule has 22 heavy (non-hydrogen) atoms. The molecule has 1 aliphatic heterocycles. The van der Waals surface area contributed by atoms with Crippen molar-refractivity contribution >= 4 is 6.09 Å². The van der Waals surface area contributed by atoms with E-state index in [2.05, 4.69) is 5.32 Å². The lowest BCUT2D eigenvalue weighted by Gasteiger charge is -2.42. The van der Waals surface area contributed by atoms with Crippen molar-refractivity contribution in [3.8, 4) is 0 Å². The van der Waals surface area contributed by atoms with Crippen LogP contribution in [0.2, 0.25) is 0 Å². The van der Waals surface area contributed by atoms with Crippen molar-refractivity contribution in [1.82, 2.24) is 10.2 Å². The van der Waals surface area contributed by atoms with Crippen LogP contribution in [0.25, 0.3) is 0 Å². The summed E-state index contributed by atoms with van der Waals surface area (Å²) in [6.45, 7) is 7.76. The molecule has 2 atom stereocenters. The number of amides is 1. The van der Waals surface area contributed by atoms with Gasteiger partial charge in [0.1, 0.15) is 6.61 Å². The van der Waals surface area contributed by atoms with Gasteiger partial charge in [0.05, 0.1) is 11.6 Å². The Morgan fingerprint density at radius 2 is 2.14 bits per heavy atom. The van der Waals surface area contributed by atoms with Crippen molar-refractivity contribution in [2.45, 2.75) is 39.0 Å². The Balaban J connectivity index is 1.90. The summed E-state index contributed by atoms with van der Waals surface area (Å²) in [5.74, 6) is 0.102. The molecule has 1 saturated heterocycles. The van der Waals surface area contributed by atoms with Gasteiger partial charge in [-0.1, -0.05) is 44.2 Å². The molecule has 1 amide bonds. The number of hydrogen-bond acceptors (Lipinski definition) is 4. The second-order valence-corrected chi connectivity index (χ2v) is 6.37. The van der Waals surface area contributed by atoms with E-state index in [1.54, 1.807) is 4.90 Å². The number of rotatable bonds is 4. The number of piperazine rings is 1. The topological polar surface area (TPSA) is 61.8 Å². The van der Waals surface area contributed by atoms with Gasteiger partial charge in [-0.2, -0.15) is 0 Å². The minimum atomic E-state index is -0.863. The van der Waals surface area contributed by atoms with Gasteiger partial charge in [0.2, 0.25) is 0 Å². The molecule has 1 aliphatic rings. The predicted molar refractivity (Wildman–Crippen MR) is 85.5 cm³/mol. The molecule has 1 aromatic rings. The maximum Gasteiger partial charge on any atom is 0.410 e. The summed E-state index contributed by atoms with van der Waals surface area (Å²) in [5.41, 5.74) is 0.106. The van der Waals surface area contributed by atoms with Crippen LogP contribution in [0.4, 0.5) is 4.79 Å². The van der Waals surface area contributed by atoms with Crippen LogP contribution >= 0.6 is 0 Å². The summed E-state index contributed by atoms with van der Waals surface area (Å²) in [4.78, 5) is 13.9. The molecular weight excluding hydrogens is 280 g/mol. The van der Waals surface area contributed by atoms with Gasteiger partial charge in [0.25, 0.3) is 0 Å². The average molecular weight is 306 g/mol. The monoisotopic (exact) mass is 306 g/mol. The summed E-state index contributed by atoms with van der Waals surface area (Å²) in [6.07, 6.45) is -0.324. The first-order valence-corrected chi connectivity index (χ1v) is 7.82. The predicted octanol–water partition coefficient (Wildman–Crippen LogP) is 2.00. The molecule has 2 N–H and O–H groups in total. The maximum atomic E-state index is 12.2. The number of nitrogens with zero attached hydrogens (tertiary/aromatic N) is 1. The Morgan fingerprint density at radius 3 is 2.77 bits per heavy atom. The van der Waals surface area contributed by atoms with Crippen LogP contribution in [0.15, 0.2) is 30.3 Å². The first kappa shape index (κ1) is 16.8. The van der Waals surface area contributed by atoms with Gasteiger partial charge in [0, 0.05) is 19.6 Å². The Kier molecular flexibility index (Phi) is 5.42. The van der Waals surface area contributed by atoms with Gasteiger partial charge < -0.3 is 20.1 Å². The van der Waals surface area contributed by atoms with Crippen molar-refractivity contribution < 1.29 is 14.6 Å². The smallest absolute Gasteiger partial charge is 0.410 e. The van der Waals surface area contributed by atoms with Crippen LogP contribution in [0, 0.1) is 5.92 Å². The number of carbonyl (C=O) groups excluding carboxylic acids is 1. The third-order valence-corrected chi connectivity index (χ3v) is 4.51. The van der Waals surface area contributed by atoms with E-state index in [4.69, 9.17) is 4.74 Å². The second kappa shape index (κ2) is 7.11. The quantitative estimate of drug-likeness (QED) is 0.893. The summed E-state index contributed by atoms with van der Waals surface area (Å²) >= 11 is 0. The first-order chi connectivity index (χ1) is 10.4. The molecule has 1 fully saturated rings. The van der Waals surface area contributed by atoms with E-state index in [-0.39, 0.29) is 24.7 Å². The van der Waals surface area contributed by atoms with E-state index in [1.807, 2.05) is 51.1 Å². The molecule has 0 saturated carbocycles. The van der Waals surface area contributed by atoms with Crippen molar-refractivity contribution in [3.63, 3.8) is 0 Å². The van der Waals surface area contributed by atoms with E-state index >= 15 is 0 Å². The lowest BCUT2D eigenvalue weighted by atomic mass is 9.84. The van der Waals surface area contributed by atoms with Crippen molar-refractivity contribution in [3.05, 3.63) is 35.9 Å². The van der Waals surface area contributed by atoms with E-state index in [9.17, 15) is 9.90 Å². The van der Waals surface area contributed by atoms with Crippen LogP contribution in [-0.2, 0) is 11.3 Å². The van der Waals surface area contributed by atoms with Crippen molar-refractivity contribution in [2.24, 2.45) is 5.92 Å². The fourth-order valence-corrected chi connectivity index (χ4v) is 2.52. The molecule has 0 spiro atoms. The number of carbonyl (C=O) groups is 1. The third-order valence-electron chi connectivity index (χ3n) is 4.51. The van der Waals surface area contributed by atoms with Gasteiger partial charge in [-0.15, -0.1) is 0 Å². The third kappa shape index (κ3) is 3.99. The van der Waals surface area contributed by atoms with Gasteiger partial charge in [-0.05, 0) is 18.4 Å². The fraction of sp³-hybridized carbons (Fsp3) is 0.588. The number of hydrogen-bond donors (Lipinski definition) is 2. The molecule has 2 rings (SSSR count). The largest absolute Gasteiger partial charge is 0.445 e. The Morgan fingerprint density at radius 1 is 1.45 bits per heavy atom. The van der Waals surface area contributed by atoms with Crippen molar-refractivity contribution in [2.75, 3.05) is 19.6 Å². The molecule has 5 heteroatoms. The SMILES string of the molecule is CC(C)C(C)(O)C1CN(C(=O)OCc2ccccc2)CCN1. The molecule has 0 bridgehead atoms. The highest BCUT2D eigenvalue weighted by Gasteiger charge is 2.38. The van der Waals surface area contributed by atoms with Crippen LogP contribution in [0.3, 0.4) is 0 Å². The highest BCUT2D eigenvalue weighted by atomic mass is 16.6. The van der Waals surface area contributed by atoms with E-state index in [0.29, 0.717) is 19.6 Å². The highest BCUT2D eigenvalue weighted by Crippen LogP contribution is 2.23. The summed E-state index contributed by atoms with van der Waals surface area (Å²) in [6, 6.07) is 9.48. The van der Waals surface area contributed by atoms with Crippen LogP contribution in [-0.4, -0.2) is 47.4 Å². The van der Waals surface area contributed by atoms with E-state index < -0.39 is 5.60 Å². The maximum absolute atomic E-state index is 12.2. The Labute approximate surface area is 132 Å². The van der Waals surface area contributed by atoms with E-state index in [0.717, 1.165) is 5.56 Å². The zero-order chi connectivity index (χ0) is 16.2. The van der Waals surface area contributed by atoms with Crippen LogP contribution in [0.1, 0.15) is 26.3 Å². The van der Waals surface area contributed by atoms with Crippen LogP contribution < -0.4 is 5.32 Å². The van der Waals surface area contributed by atoms with E-state index in [1.165, 1.54) is 0 Å². The molecule has 0 radical (unpaired) electrons. The molecule has 0 aliphatic carbocycles. The van der Waals surface area contributed by atoms with Crippen molar-refractivity contribution in [1.29, 1.82) is 0 Å². The summed E-state index contributed by atoms with van der Waals surface area (Å²) in [7, 11) is 0. The molecule has 1 heterocycles. The molecule has 0 aromatic heterocycles. The van der Waals surface area contributed by atoms with Gasteiger partial charge >= 0.3 is 6.09 Å². The normalized spacial score (nSPS) is 21.5. The lowest BCUT2D eigenvalue weighted by Crippen LogP contribution is -2.62. The van der Waals surface area contributed by atoms with Crippen LogP contribution in [0.5, 0.6) is 0 Å². The summed E-state index contributed by atoms with van der Waals surface area (Å²) < 4.78 is 5.37. The number of aliphatic hydroxyl groups is 1. The highest BCUT2D eigenvalue weighted by molar-refractivity contribution is 5.67. The number of ether oxygens (including phenoxy) is 1. The molecule has 5 nitrogen and oxygen atoms in total. The van der Waals surface area contributed by atoms with Gasteiger partial charge in [-0.3, -0.25) is 0 Å². The molecule has 1 aromatic carbocycles. The Bertz CT molecular complexity index is 488. The van der Waals surface area contributed by atoms with Gasteiger partial charge in [-0.25, -0.2) is 4.79 Å². The Hall–Kier alpha value is -1.59. The lowest BCUT2D eigenvalue weighted by molar-refractivity contribution is -0.0406. The van der Waals surface area contributed by atoms with Gasteiger partial charge in [0.15, 0.2) is 0 Å². The minimum absolute atomic E-state index is 0.102. The molecule has 122 valence electrons. The number of benzene rings is 1. The molecule has 2 unspecified atom stereocenters. The minimum Gasteiger partial charge on any atom is -0.445 e. The zero-order valence-electron chi connectivity index (χ0n) is 13.6. The number of nitrogens with one attached hydrogen (secondary N) is 1. The standard InChI is InChI=1S/C17H26N2O3/c1-13(2)17(3,21)15-11-19(10-9-18-15)16(20)22-12-14-7-5-4-6-8-14/h4-8,13,15,18,21H,9-12H2,1-3H3. The summed E-state index contributed by atoms with van der Waals surface area (Å²) in [5, 5.41) is 13.9. The zero-order valence-corrected chi connectivity index (χ0v) is 13.6. The first-order valence-electron chi connectivity index (χ1n) is 7.82.